The molecule has 0 bridgehead atoms. The van der Waals surface area contributed by atoms with Gasteiger partial charge in [-0.05, 0) is 6.42 Å². The van der Waals surface area contributed by atoms with E-state index in [1.54, 1.807) is 0 Å². The van der Waals surface area contributed by atoms with Crippen molar-refractivity contribution in [2.24, 2.45) is 0 Å². The lowest BCUT2D eigenvalue weighted by Gasteiger charge is -2.30. The molecule has 0 saturated carbocycles. The van der Waals surface area contributed by atoms with Gasteiger partial charge in [0.1, 0.15) is 5.66 Å². The van der Waals surface area contributed by atoms with Gasteiger partial charge in [0.2, 0.25) is 5.91 Å². The summed E-state index contributed by atoms with van der Waals surface area (Å²) >= 11 is 0. The average Bonchev–Trinajstić information content (AvgIpc) is 2.07. The van der Waals surface area contributed by atoms with E-state index in [1.165, 1.54) is 6.92 Å². The number of hydrogen-bond donors (Lipinski definition) is 3. The maximum absolute atomic E-state index is 11.3. The molecule has 0 aromatic heterocycles. The molecule has 1 atom stereocenters. The van der Waals surface area contributed by atoms with Crippen LogP contribution in [0.25, 0.3) is 0 Å². The summed E-state index contributed by atoms with van der Waals surface area (Å²) in [7, 11) is 1.25. The van der Waals surface area contributed by atoms with Crippen molar-refractivity contribution in [2.75, 3.05) is 34.2 Å². The van der Waals surface area contributed by atoms with E-state index in [0.29, 0.717) is 9.55 Å². The van der Waals surface area contributed by atoms with E-state index in [-0.39, 0.29) is 19.5 Å². The van der Waals surface area contributed by atoms with E-state index in [1.807, 2.05) is 21.1 Å². The van der Waals surface area contributed by atoms with E-state index in [2.05, 4.69) is 0 Å². The highest BCUT2D eigenvalue weighted by atomic mass is 31.2. The zero-order valence-corrected chi connectivity index (χ0v) is 11.6. The second-order valence-electron chi connectivity index (χ2n) is 5.15. The maximum Gasteiger partial charge on any atom is 0.334 e. The van der Waals surface area contributed by atoms with Crippen molar-refractivity contribution in [3.05, 3.63) is 0 Å². The lowest BCUT2D eigenvalue weighted by Crippen LogP contribution is -2.42. The van der Waals surface area contributed by atoms with Crippen LogP contribution < -0.4 is 0 Å². The van der Waals surface area contributed by atoms with Crippen molar-refractivity contribution in [3.63, 3.8) is 0 Å². The number of carbonyl (C=O) groups excluding carboxylic acids is 1. The number of quaternary nitrogens is 1. The average molecular weight is 269 g/mol. The second kappa shape index (κ2) is 5.93. The highest BCUT2D eigenvalue weighted by Gasteiger charge is 2.33. The van der Waals surface area contributed by atoms with Crippen molar-refractivity contribution < 1.29 is 28.8 Å². The molecule has 8 heteroatoms. The molecule has 0 heterocycles. The van der Waals surface area contributed by atoms with Crippen molar-refractivity contribution in [1.29, 1.82) is 0 Å². The van der Waals surface area contributed by atoms with Crippen molar-refractivity contribution >= 4 is 13.5 Å². The molecule has 0 aromatic carbocycles. The minimum absolute atomic E-state index is 0.0654. The van der Waals surface area contributed by atoms with E-state index in [9.17, 15) is 19.1 Å². The first-order chi connectivity index (χ1) is 7.43. The molecule has 0 rings (SSSR count). The van der Waals surface area contributed by atoms with Gasteiger partial charge in [-0.3, -0.25) is 14.6 Å². The van der Waals surface area contributed by atoms with Gasteiger partial charge in [0.15, 0.2) is 0 Å². The summed E-state index contributed by atoms with van der Waals surface area (Å²) in [6.07, 6.45) is 0.0654. The van der Waals surface area contributed by atoms with Crippen LogP contribution in [0.1, 0.15) is 13.3 Å². The summed E-state index contributed by atoms with van der Waals surface area (Å²) in [6.45, 7) is 1.38. The number of rotatable bonds is 6. The second-order valence-corrected chi connectivity index (χ2v) is 7.06. The van der Waals surface area contributed by atoms with Gasteiger partial charge in [-0.25, -0.2) is 5.06 Å². The van der Waals surface area contributed by atoms with E-state index in [0.717, 1.165) is 0 Å². The molecule has 0 aliphatic heterocycles. The van der Waals surface area contributed by atoms with E-state index >= 15 is 0 Å². The molecule has 0 saturated heterocycles. The molecule has 3 N–H and O–H groups in total. The van der Waals surface area contributed by atoms with Gasteiger partial charge in [0, 0.05) is 13.5 Å². The minimum Gasteiger partial charge on any atom is -0.330 e. The Morgan fingerprint density at radius 3 is 2.12 bits per heavy atom. The number of nitrogens with zero attached hydrogens (tertiary/aromatic N) is 2. The molecule has 0 fully saturated rings. The highest BCUT2D eigenvalue weighted by Crippen LogP contribution is 2.43. The molecule has 0 aliphatic carbocycles. The molecule has 0 aromatic rings. The van der Waals surface area contributed by atoms with Gasteiger partial charge >= 0.3 is 7.60 Å². The minimum atomic E-state index is -4.22. The molecule has 0 spiro atoms. The fourth-order valence-electron chi connectivity index (χ4n) is 1.43. The molecular formula is C9H22N2O5P+. The lowest BCUT2D eigenvalue weighted by atomic mass is 10.2. The highest BCUT2D eigenvalue weighted by molar-refractivity contribution is 7.52. The van der Waals surface area contributed by atoms with Gasteiger partial charge in [0.05, 0.1) is 27.7 Å². The van der Waals surface area contributed by atoms with Crippen molar-refractivity contribution in [3.8, 4) is 0 Å². The number of hydrogen-bond acceptors (Lipinski definition) is 3. The summed E-state index contributed by atoms with van der Waals surface area (Å²) in [5.74, 6) is -0.542. The van der Waals surface area contributed by atoms with Crippen LogP contribution in [0.4, 0.5) is 0 Å². The zero-order valence-electron chi connectivity index (χ0n) is 10.7. The van der Waals surface area contributed by atoms with Crippen molar-refractivity contribution in [1.82, 2.24) is 5.06 Å². The molecule has 1 unspecified atom stereocenters. The smallest absolute Gasteiger partial charge is 0.330 e. The largest absolute Gasteiger partial charge is 0.334 e. The third-order valence-electron chi connectivity index (χ3n) is 2.27. The van der Waals surface area contributed by atoms with Crippen LogP contribution in [0.15, 0.2) is 0 Å². The predicted molar refractivity (Wildman–Crippen MR) is 62.5 cm³/mol. The Bertz CT molecular complexity index is 309. The van der Waals surface area contributed by atoms with Crippen LogP contribution in [0.5, 0.6) is 0 Å². The quantitative estimate of drug-likeness (QED) is 0.270. The Labute approximate surface area is 101 Å². The Hall–Kier alpha value is -0.460. The zero-order chi connectivity index (χ0) is 13.9. The van der Waals surface area contributed by atoms with Gasteiger partial charge in [-0.2, -0.15) is 0 Å². The summed E-state index contributed by atoms with van der Waals surface area (Å²) in [6, 6.07) is 0. The Morgan fingerprint density at radius 2 is 1.82 bits per heavy atom. The maximum atomic E-state index is 11.3. The standard InChI is InChI=1S/C9H21N2O5P/c1-8(12)10(13)6-5-9(17(14,15)16)7-11(2,3)4/h9,13H,5-7H2,1-4H3,(H-,14,15,16)/p+1. The van der Waals surface area contributed by atoms with Gasteiger partial charge < -0.3 is 14.3 Å². The Kier molecular flexibility index (Phi) is 5.77. The fraction of sp³-hybridized carbons (Fsp3) is 0.889. The molecule has 17 heavy (non-hydrogen) atoms. The topological polar surface area (TPSA) is 98.1 Å². The summed E-state index contributed by atoms with van der Waals surface area (Å²) in [5.41, 5.74) is -0.864. The SMILES string of the molecule is CC(=O)N(O)CCC(C[N+](C)(C)C)P(=O)(O)O. The monoisotopic (exact) mass is 269 g/mol. The van der Waals surface area contributed by atoms with Gasteiger partial charge in [-0.15, -0.1) is 0 Å². The van der Waals surface area contributed by atoms with Crippen LogP contribution >= 0.6 is 7.60 Å². The van der Waals surface area contributed by atoms with Crippen LogP contribution in [0, 0.1) is 0 Å². The fourth-order valence-corrected chi connectivity index (χ4v) is 2.58. The van der Waals surface area contributed by atoms with Gasteiger partial charge in [-0.1, -0.05) is 0 Å². The van der Waals surface area contributed by atoms with E-state index < -0.39 is 19.2 Å². The molecule has 1 amide bonds. The van der Waals surface area contributed by atoms with Crippen LogP contribution in [0.2, 0.25) is 0 Å². The van der Waals surface area contributed by atoms with E-state index in [4.69, 9.17) is 5.21 Å². The number of hydroxylamine groups is 2. The molecule has 0 aliphatic rings. The lowest BCUT2D eigenvalue weighted by molar-refractivity contribution is -0.870. The Balaban J connectivity index is 4.53. The normalized spacial score (nSPS) is 14.5. The first-order valence-corrected chi connectivity index (χ1v) is 6.94. The Morgan fingerprint density at radius 1 is 1.35 bits per heavy atom. The molecular weight excluding hydrogens is 247 g/mol. The number of amides is 1. The van der Waals surface area contributed by atoms with Crippen LogP contribution in [-0.4, -0.2) is 70.3 Å². The van der Waals surface area contributed by atoms with Gasteiger partial charge in [0.25, 0.3) is 0 Å². The van der Waals surface area contributed by atoms with Crippen molar-refractivity contribution in [2.45, 2.75) is 19.0 Å². The first-order valence-electron chi connectivity index (χ1n) is 5.26. The molecule has 7 nitrogen and oxygen atoms in total. The molecule has 102 valence electrons. The third kappa shape index (κ3) is 7.46. The predicted octanol–water partition coefficient (Wildman–Crippen LogP) is -0.133. The summed E-state index contributed by atoms with van der Waals surface area (Å²) in [4.78, 5) is 29.2. The molecule has 0 radical (unpaired) electrons. The summed E-state index contributed by atoms with van der Waals surface area (Å²) in [5, 5.41) is 9.64. The summed E-state index contributed by atoms with van der Waals surface area (Å²) < 4.78 is 11.7. The first kappa shape index (κ1) is 16.5. The third-order valence-corrected chi connectivity index (χ3v) is 3.64. The number of carbonyl (C=O) groups is 1. The van der Waals surface area contributed by atoms with Crippen LogP contribution in [-0.2, 0) is 9.36 Å². The van der Waals surface area contributed by atoms with Crippen LogP contribution in [0.3, 0.4) is 0 Å².